The standard InChI is InChI=1S/C12H7Br2N3OS/c1-19-12-16-10(6(5-15)11(18)17-12)9-7(13)3-2-4-8(9)14/h2-4H,1H3,(H,16,17,18). The summed E-state index contributed by atoms with van der Waals surface area (Å²) in [5, 5.41) is 9.63. The molecule has 1 aromatic carbocycles. The molecule has 0 atom stereocenters. The van der Waals surface area contributed by atoms with Gasteiger partial charge in [0.05, 0.1) is 5.69 Å². The van der Waals surface area contributed by atoms with Crippen molar-refractivity contribution in [3.05, 3.63) is 43.1 Å². The molecule has 0 saturated carbocycles. The highest BCUT2D eigenvalue weighted by atomic mass is 79.9. The van der Waals surface area contributed by atoms with E-state index >= 15 is 0 Å². The summed E-state index contributed by atoms with van der Waals surface area (Å²) in [6, 6.07) is 7.44. The van der Waals surface area contributed by atoms with Gasteiger partial charge in [0, 0.05) is 14.5 Å². The summed E-state index contributed by atoms with van der Waals surface area (Å²) in [5.41, 5.74) is 0.639. The number of halogens is 2. The quantitative estimate of drug-likeness (QED) is 0.618. The number of hydrogen-bond donors (Lipinski definition) is 1. The van der Waals surface area contributed by atoms with Crippen LogP contribution >= 0.6 is 43.6 Å². The van der Waals surface area contributed by atoms with E-state index in [-0.39, 0.29) is 5.56 Å². The summed E-state index contributed by atoms with van der Waals surface area (Å²) >= 11 is 8.16. The zero-order valence-corrected chi connectivity index (χ0v) is 13.7. The Bertz CT molecular complexity index is 716. The summed E-state index contributed by atoms with van der Waals surface area (Å²) in [4.78, 5) is 18.8. The van der Waals surface area contributed by atoms with Crippen LogP contribution in [0.1, 0.15) is 5.56 Å². The van der Waals surface area contributed by atoms with Gasteiger partial charge in [-0.15, -0.1) is 0 Å². The summed E-state index contributed by atoms with van der Waals surface area (Å²) in [7, 11) is 0. The summed E-state index contributed by atoms with van der Waals surface area (Å²) in [6.07, 6.45) is 1.81. The molecule has 0 unspecified atom stereocenters. The van der Waals surface area contributed by atoms with Gasteiger partial charge >= 0.3 is 0 Å². The average Bonchev–Trinajstić information content (AvgIpc) is 2.38. The van der Waals surface area contributed by atoms with Crippen molar-refractivity contribution >= 4 is 43.6 Å². The molecule has 2 aromatic rings. The first kappa shape index (κ1) is 14.3. The van der Waals surface area contributed by atoms with Crippen LogP contribution in [0.4, 0.5) is 0 Å². The van der Waals surface area contributed by atoms with Crippen molar-refractivity contribution in [3.8, 4) is 17.3 Å². The lowest BCUT2D eigenvalue weighted by Crippen LogP contribution is -2.14. The van der Waals surface area contributed by atoms with Crippen molar-refractivity contribution in [2.45, 2.75) is 5.16 Å². The zero-order chi connectivity index (χ0) is 14.0. The minimum Gasteiger partial charge on any atom is -0.300 e. The summed E-state index contributed by atoms with van der Waals surface area (Å²) < 4.78 is 1.53. The topological polar surface area (TPSA) is 69.5 Å². The van der Waals surface area contributed by atoms with Gasteiger partial charge in [-0.3, -0.25) is 4.79 Å². The highest BCUT2D eigenvalue weighted by molar-refractivity contribution is 9.11. The fourth-order valence-electron chi connectivity index (χ4n) is 1.56. The van der Waals surface area contributed by atoms with Crippen LogP contribution in [0.25, 0.3) is 11.3 Å². The largest absolute Gasteiger partial charge is 0.300 e. The van der Waals surface area contributed by atoms with E-state index in [1.165, 1.54) is 11.8 Å². The van der Waals surface area contributed by atoms with Crippen molar-refractivity contribution in [2.24, 2.45) is 0 Å². The van der Waals surface area contributed by atoms with Gasteiger partial charge in [0.15, 0.2) is 5.16 Å². The molecule has 0 aliphatic rings. The number of thioether (sulfide) groups is 1. The van der Waals surface area contributed by atoms with Crippen molar-refractivity contribution in [2.75, 3.05) is 6.26 Å². The second-order valence-corrected chi connectivity index (χ2v) is 6.01. The Morgan fingerprint density at radius 3 is 2.53 bits per heavy atom. The molecular formula is C12H7Br2N3OS. The van der Waals surface area contributed by atoms with Gasteiger partial charge in [-0.05, 0) is 18.4 Å². The number of nitriles is 1. The predicted molar refractivity (Wildman–Crippen MR) is 82.2 cm³/mol. The first-order chi connectivity index (χ1) is 9.08. The van der Waals surface area contributed by atoms with Gasteiger partial charge in [0.25, 0.3) is 5.56 Å². The monoisotopic (exact) mass is 399 g/mol. The van der Waals surface area contributed by atoms with E-state index in [0.29, 0.717) is 16.4 Å². The van der Waals surface area contributed by atoms with E-state index in [1.54, 1.807) is 0 Å². The Morgan fingerprint density at radius 2 is 2.00 bits per heavy atom. The van der Waals surface area contributed by atoms with Crippen LogP contribution in [0.3, 0.4) is 0 Å². The third kappa shape index (κ3) is 2.76. The maximum atomic E-state index is 11.9. The predicted octanol–water partition coefficient (Wildman–Crippen LogP) is 3.56. The van der Waals surface area contributed by atoms with Crippen LogP contribution in [0.5, 0.6) is 0 Å². The van der Waals surface area contributed by atoms with Crippen LogP contribution in [-0.4, -0.2) is 16.2 Å². The van der Waals surface area contributed by atoms with Gasteiger partial charge in [0.2, 0.25) is 0 Å². The van der Waals surface area contributed by atoms with Crippen molar-refractivity contribution in [1.29, 1.82) is 5.26 Å². The highest BCUT2D eigenvalue weighted by Gasteiger charge is 2.17. The molecule has 96 valence electrons. The lowest BCUT2D eigenvalue weighted by Gasteiger charge is -2.09. The fraction of sp³-hybridized carbons (Fsp3) is 0.0833. The first-order valence-electron chi connectivity index (χ1n) is 5.11. The van der Waals surface area contributed by atoms with E-state index in [9.17, 15) is 4.79 Å². The SMILES string of the molecule is CSc1nc(-c2c(Br)cccc2Br)c(C#N)c(=O)[nH]1. The number of hydrogen-bond acceptors (Lipinski definition) is 4. The van der Waals surface area contributed by atoms with E-state index in [4.69, 9.17) is 5.26 Å². The van der Waals surface area contributed by atoms with Gasteiger partial charge < -0.3 is 4.98 Å². The number of aromatic nitrogens is 2. The normalized spacial score (nSPS) is 10.2. The van der Waals surface area contributed by atoms with Gasteiger partial charge in [-0.1, -0.05) is 49.7 Å². The first-order valence-corrected chi connectivity index (χ1v) is 7.92. The Morgan fingerprint density at radius 1 is 1.37 bits per heavy atom. The number of aromatic amines is 1. The second kappa shape index (κ2) is 5.90. The molecule has 0 spiro atoms. The molecule has 0 fully saturated rings. The smallest absolute Gasteiger partial charge is 0.270 e. The highest BCUT2D eigenvalue weighted by Crippen LogP contribution is 2.35. The second-order valence-electron chi connectivity index (χ2n) is 3.51. The third-order valence-corrected chi connectivity index (χ3v) is 4.30. The van der Waals surface area contributed by atoms with E-state index in [0.717, 1.165) is 8.95 Å². The van der Waals surface area contributed by atoms with Crippen LogP contribution in [-0.2, 0) is 0 Å². The molecule has 0 radical (unpaired) electrons. The molecule has 1 N–H and O–H groups in total. The number of H-pyrrole nitrogens is 1. The number of nitrogens with zero attached hydrogens (tertiary/aromatic N) is 2. The molecule has 1 heterocycles. The number of benzene rings is 1. The zero-order valence-electron chi connectivity index (χ0n) is 9.70. The average molecular weight is 401 g/mol. The molecule has 0 aliphatic heterocycles. The molecule has 0 amide bonds. The molecular weight excluding hydrogens is 394 g/mol. The van der Waals surface area contributed by atoms with Crippen molar-refractivity contribution in [1.82, 2.24) is 9.97 Å². The van der Waals surface area contributed by atoms with Gasteiger partial charge in [0.1, 0.15) is 11.6 Å². The minimum atomic E-state index is -0.431. The lowest BCUT2D eigenvalue weighted by molar-refractivity contribution is 0.936. The minimum absolute atomic E-state index is 0.00500. The van der Waals surface area contributed by atoms with Crippen LogP contribution in [0.2, 0.25) is 0 Å². The van der Waals surface area contributed by atoms with Crippen LogP contribution < -0.4 is 5.56 Å². The Kier molecular flexibility index (Phi) is 4.45. The molecule has 0 aliphatic carbocycles. The lowest BCUT2D eigenvalue weighted by atomic mass is 10.1. The maximum absolute atomic E-state index is 11.9. The molecule has 2 rings (SSSR count). The Balaban J connectivity index is 2.86. The van der Waals surface area contributed by atoms with Crippen LogP contribution in [0, 0.1) is 11.3 Å². The molecule has 4 nitrogen and oxygen atoms in total. The summed E-state index contributed by atoms with van der Waals surface area (Å²) in [5.74, 6) is 0. The van der Waals surface area contributed by atoms with Gasteiger partial charge in [-0.2, -0.15) is 5.26 Å². The van der Waals surface area contributed by atoms with Crippen LogP contribution in [0.15, 0.2) is 37.1 Å². The molecule has 0 saturated heterocycles. The Labute approximate surface area is 130 Å². The van der Waals surface area contributed by atoms with Crippen molar-refractivity contribution < 1.29 is 0 Å². The maximum Gasteiger partial charge on any atom is 0.270 e. The Hall–Kier alpha value is -1.10. The van der Waals surface area contributed by atoms with E-state index in [2.05, 4.69) is 41.8 Å². The molecule has 19 heavy (non-hydrogen) atoms. The molecule has 7 heteroatoms. The fourth-order valence-corrected chi connectivity index (χ4v) is 3.31. The number of nitrogens with one attached hydrogen (secondary N) is 1. The van der Waals surface area contributed by atoms with E-state index in [1.807, 2.05) is 30.5 Å². The van der Waals surface area contributed by atoms with Crippen molar-refractivity contribution in [3.63, 3.8) is 0 Å². The van der Waals surface area contributed by atoms with Gasteiger partial charge in [-0.25, -0.2) is 4.98 Å². The number of rotatable bonds is 2. The summed E-state index contributed by atoms with van der Waals surface area (Å²) in [6.45, 7) is 0. The molecule has 0 bridgehead atoms. The third-order valence-electron chi connectivity index (χ3n) is 2.40. The van der Waals surface area contributed by atoms with E-state index < -0.39 is 5.56 Å². The molecule has 1 aromatic heterocycles.